The van der Waals surface area contributed by atoms with Crippen molar-refractivity contribution in [2.24, 2.45) is 0 Å². The Balaban J connectivity index is 1.14. The van der Waals surface area contributed by atoms with Crippen molar-refractivity contribution in [1.82, 2.24) is 5.32 Å². The first-order valence-electron chi connectivity index (χ1n) is 16.0. The number of benzene rings is 5. The molecule has 5 aromatic carbocycles. The van der Waals surface area contributed by atoms with Gasteiger partial charge in [0.1, 0.15) is 0 Å². The summed E-state index contributed by atoms with van der Waals surface area (Å²) < 4.78 is 13.1. The minimum atomic E-state index is -0.553. The van der Waals surface area contributed by atoms with Crippen LogP contribution in [0.4, 0.5) is 5.69 Å². The van der Waals surface area contributed by atoms with Gasteiger partial charge in [-0.1, -0.05) is 84.9 Å². The van der Waals surface area contributed by atoms with Gasteiger partial charge in [0.25, 0.3) is 5.91 Å². The Hall–Kier alpha value is -4.73. The van der Waals surface area contributed by atoms with Gasteiger partial charge in [0.2, 0.25) is 5.91 Å². The maximum Gasteiger partial charge on any atom is 0.251 e. The number of anilines is 1. The average molecular weight is 659 g/mol. The zero-order chi connectivity index (χ0) is 33.3. The first-order valence-corrected chi connectivity index (χ1v) is 17.0. The molecule has 48 heavy (non-hydrogen) atoms. The minimum Gasteiger partial charge on any atom is -0.392 e. The highest BCUT2D eigenvalue weighted by atomic mass is 32.2. The summed E-state index contributed by atoms with van der Waals surface area (Å²) in [5, 5.41) is 15.3. The first-order chi connectivity index (χ1) is 23.4. The highest BCUT2D eigenvalue weighted by molar-refractivity contribution is 7.99. The lowest BCUT2D eigenvalue weighted by molar-refractivity contribution is -0.245. The zero-order valence-electron chi connectivity index (χ0n) is 26.7. The van der Waals surface area contributed by atoms with Gasteiger partial charge in [-0.25, -0.2) is 0 Å². The maximum absolute atomic E-state index is 12.5. The number of ether oxygens (including phenoxy) is 2. The number of carbonyl (C=O) groups is 2. The van der Waals surface area contributed by atoms with Gasteiger partial charge in [0.05, 0.1) is 18.8 Å². The smallest absolute Gasteiger partial charge is 0.251 e. The van der Waals surface area contributed by atoms with E-state index in [9.17, 15) is 14.7 Å². The largest absolute Gasteiger partial charge is 0.392 e. The van der Waals surface area contributed by atoms with Crippen LogP contribution in [-0.4, -0.2) is 28.8 Å². The summed E-state index contributed by atoms with van der Waals surface area (Å²) in [7, 11) is 0. The molecule has 0 aromatic heterocycles. The molecule has 5 aromatic rings. The number of amides is 2. The van der Waals surface area contributed by atoms with E-state index in [0.29, 0.717) is 18.5 Å². The van der Waals surface area contributed by atoms with Crippen molar-refractivity contribution in [3.05, 3.63) is 155 Å². The molecule has 0 saturated carbocycles. The summed E-state index contributed by atoms with van der Waals surface area (Å²) in [6.07, 6.45) is -0.111. The molecule has 1 aliphatic heterocycles. The summed E-state index contributed by atoms with van der Waals surface area (Å²) in [5.41, 5.74) is 7.36. The lowest BCUT2D eigenvalue weighted by Gasteiger charge is -2.36. The standard InChI is InChI=1S/C40H38N2O5S/c1-27(44)42-35-18-20-37(21-19-35)48-26-36-23-38(31-12-10-28(25-43)11-13-31)47-40(46-36)33-16-14-30(15-17-33)34-9-5-6-29(22-34)24-41-39(45)32-7-3-2-4-8-32/h2-22,36,38,40,43H,23-26H2,1H3,(H,41,45)(H,42,44)/t36-,38+,40+/m1/s1. The SMILES string of the molecule is CC(=O)Nc1ccc(SC[C@H]2C[C@@H](c3ccc(CO)cc3)O[C@@H](c3ccc(-c4cccc(CNC(=O)c5ccccc5)c4)cc3)O2)cc1. The van der Waals surface area contributed by atoms with Crippen molar-refractivity contribution >= 4 is 29.3 Å². The molecule has 1 fully saturated rings. The number of nitrogens with one attached hydrogen (secondary N) is 2. The van der Waals surface area contributed by atoms with Gasteiger partial charge in [-0.2, -0.15) is 0 Å². The minimum absolute atomic E-state index is 0.00485. The molecule has 0 bridgehead atoms. The van der Waals surface area contributed by atoms with Crippen molar-refractivity contribution in [2.75, 3.05) is 11.1 Å². The van der Waals surface area contributed by atoms with E-state index >= 15 is 0 Å². The highest BCUT2D eigenvalue weighted by Crippen LogP contribution is 2.40. The molecule has 0 aliphatic carbocycles. The number of thioether (sulfide) groups is 1. The third-order valence-corrected chi connectivity index (χ3v) is 9.30. The van der Waals surface area contributed by atoms with Crippen molar-refractivity contribution < 1.29 is 24.2 Å². The molecule has 2 amide bonds. The summed E-state index contributed by atoms with van der Waals surface area (Å²) in [4.78, 5) is 25.0. The fourth-order valence-electron chi connectivity index (χ4n) is 5.62. The topological polar surface area (TPSA) is 96.9 Å². The van der Waals surface area contributed by atoms with Crippen LogP contribution in [0.15, 0.2) is 132 Å². The second kappa shape index (κ2) is 15.9. The molecule has 1 aliphatic rings. The Labute approximate surface area is 285 Å². The number of hydrogen-bond donors (Lipinski definition) is 3. The van der Waals surface area contributed by atoms with Gasteiger partial charge in [0.15, 0.2) is 6.29 Å². The Morgan fingerprint density at radius 1 is 0.771 bits per heavy atom. The number of hydrogen-bond acceptors (Lipinski definition) is 6. The van der Waals surface area contributed by atoms with Crippen molar-refractivity contribution in [1.29, 1.82) is 0 Å². The molecule has 0 unspecified atom stereocenters. The van der Waals surface area contributed by atoms with Crippen LogP contribution in [-0.2, 0) is 27.4 Å². The van der Waals surface area contributed by atoms with Crippen LogP contribution in [0.5, 0.6) is 0 Å². The van der Waals surface area contributed by atoms with E-state index < -0.39 is 6.29 Å². The van der Waals surface area contributed by atoms with Crippen LogP contribution >= 0.6 is 11.8 Å². The van der Waals surface area contributed by atoms with Crippen LogP contribution in [0.1, 0.15) is 58.4 Å². The Kier molecular flexibility index (Phi) is 11.0. The van der Waals surface area contributed by atoms with Gasteiger partial charge < -0.3 is 25.2 Å². The van der Waals surface area contributed by atoms with Crippen molar-refractivity contribution in [3.8, 4) is 11.1 Å². The Bertz CT molecular complexity index is 1810. The first kappa shape index (κ1) is 33.2. The van der Waals surface area contributed by atoms with Gasteiger partial charge >= 0.3 is 0 Å². The Morgan fingerprint density at radius 3 is 2.21 bits per heavy atom. The summed E-state index contributed by atoms with van der Waals surface area (Å²) >= 11 is 1.71. The quantitative estimate of drug-likeness (QED) is 0.124. The van der Waals surface area contributed by atoms with E-state index in [1.165, 1.54) is 6.92 Å². The second-order valence-electron chi connectivity index (χ2n) is 11.7. The summed E-state index contributed by atoms with van der Waals surface area (Å²) in [6, 6.07) is 41.3. The fraction of sp³-hybridized carbons (Fsp3) is 0.200. The predicted molar refractivity (Wildman–Crippen MR) is 189 cm³/mol. The van der Waals surface area contributed by atoms with Crippen LogP contribution in [0.25, 0.3) is 11.1 Å². The fourth-order valence-corrected chi connectivity index (χ4v) is 6.54. The molecular weight excluding hydrogens is 621 g/mol. The number of carbonyl (C=O) groups excluding carboxylic acids is 2. The average Bonchev–Trinajstić information content (AvgIpc) is 3.14. The predicted octanol–water partition coefficient (Wildman–Crippen LogP) is 8.07. The van der Waals surface area contributed by atoms with Gasteiger partial charge in [-0.05, 0) is 70.3 Å². The summed E-state index contributed by atoms with van der Waals surface area (Å²) in [5.74, 6) is 0.536. The lowest BCUT2D eigenvalue weighted by atomic mass is 9.99. The van der Waals surface area contributed by atoms with Gasteiger partial charge in [-0.3, -0.25) is 9.59 Å². The van der Waals surface area contributed by atoms with Crippen molar-refractivity contribution in [3.63, 3.8) is 0 Å². The van der Waals surface area contributed by atoms with Gasteiger partial charge in [-0.15, -0.1) is 11.8 Å². The number of rotatable bonds is 11. The molecule has 3 N–H and O–H groups in total. The molecular formula is C40H38N2O5S. The molecule has 0 radical (unpaired) electrons. The van der Waals surface area contributed by atoms with Crippen LogP contribution in [0.3, 0.4) is 0 Å². The molecule has 3 atom stereocenters. The number of aliphatic hydroxyl groups is 1. The molecule has 1 heterocycles. The zero-order valence-corrected chi connectivity index (χ0v) is 27.5. The molecule has 0 spiro atoms. The molecule has 244 valence electrons. The van der Waals surface area contributed by atoms with Crippen LogP contribution in [0.2, 0.25) is 0 Å². The second-order valence-corrected chi connectivity index (χ2v) is 12.8. The molecule has 6 rings (SSSR count). The van der Waals surface area contributed by atoms with E-state index in [-0.39, 0.29) is 30.6 Å². The normalized spacial score (nSPS) is 17.4. The molecule has 8 heteroatoms. The van der Waals surface area contributed by atoms with E-state index in [2.05, 4.69) is 34.9 Å². The molecule has 7 nitrogen and oxygen atoms in total. The Morgan fingerprint density at radius 2 is 1.50 bits per heavy atom. The summed E-state index contributed by atoms with van der Waals surface area (Å²) in [6.45, 7) is 1.93. The number of aliphatic hydroxyl groups excluding tert-OH is 1. The van der Waals surface area contributed by atoms with E-state index in [4.69, 9.17) is 9.47 Å². The van der Waals surface area contributed by atoms with Crippen molar-refractivity contribution in [2.45, 2.75) is 49.9 Å². The van der Waals surface area contributed by atoms with E-state index in [1.54, 1.807) is 23.9 Å². The highest BCUT2D eigenvalue weighted by Gasteiger charge is 2.32. The third kappa shape index (κ3) is 8.79. The van der Waals surface area contributed by atoms with E-state index in [1.807, 2.05) is 91.0 Å². The van der Waals surface area contributed by atoms with E-state index in [0.717, 1.165) is 49.7 Å². The third-order valence-electron chi connectivity index (χ3n) is 8.16. The monoisotopic (exact) mass is 658 g/mol. The maximum atomic E-state index is 12.5. The lowest BCUT2D eigenvalue weighted by Crippen LogP contribution is -2.31. The van der Waals surface area contributed by atoms with Crippen LogP contribution < -0.4 is 10.6 Å². The molecule has 1 saturated heterocycles. The van der Waals surface area contributed by atoms with Crippen LogP contribution in [0, 0.1) is 0 Å². The van der Waals surface area contributed by atoms with Gasteiger partial charge in [0, 0.05) is 47.4 Å².